The van der Waals surface area contributed by atoms with E-state index in [0.29, 0.717) is 29.5 Å². The molecule has 5 nitrogen and oxygen atoms in total. The number of anilines is 1. The van der Waals surface area contributed by atoms with Gasteiger partial charge in [0.2, 0.25) is 0 Å². The molecule has 2 aromatic rings. The molecule has 116 valence electrons. The second kappa shape index (κ2) is 7.93. The van der Waals surface area contributed by atoms with Crippen molar-refractivity contribution < 1.29 is 19.0 Å². The number of methoxy groups -OCH3 is 1. The second-order valence-electron chi connectivity index (χ2n) is 4.48. The Morgan fingerprint density at radius 3 is 2.41 bits per heavy atom. The van der Waals surface area contributed by atoms with E-state index in [1.165, 1.54) is 0 Å². The number of carbonyl (C=O) groups excluding carboxylic acids is 1. The summed E-state index contributed by atoms with van der Waals surface area (Å²) in [5.74, 6) is 1.75. The molecule has 0 aliphatic rings. The summed E-state index contributed by atoms with van der Waals surface area (Å²) in [6.07, 6.45) is 0. The van der Waals surface area contributed by atoms with Crippen molar-refractivity contribution in [2.24, 2.45) is 0 Å². The molecule has 0 spiro atoms. The molecule has 1 amide bonds. The van der Waals surface area contributed by atoms with Gasteiger partial charge in [-0.05, 0) is 31.2 Å². The first kappa shape index (κ1) is 15.7. The zero-order chi connectivity index (χ0) is 15.8. The van der Waals surface area contributed by atoms with Crippen molar-refractivity contribution >= 4 is 11.6 Å². The van der Waals surface area contributed by atoms with Crippen LogP contribution in [0.4, 0.5) is 5.69 Å². The van der Waals surface area contributed by atoms with Crippen molar-refractivity contribution in [1.82, 2.24) is 0 Å². The van der Waals surface area contributed by atoms with Crippen LogP contribution in [0.2, 0.25) is 0 Å². The van der Waals surface area contributed by atoms with Gasteiger partial charge in [-0.15, -0.1) is 0 Å². The molecule has 0 atom stereocenters. The Morgan fingerprint density at radius 2 is 1.68 bits per heavy atom. The molecule has 2 rings (SSSR count). The fraction of sp³-hybridized carbons (Fsp3) is 0.235. The van der Waals surface area contributed by atoms with Crippen LogP contribution in [0.25, 0.3) is 0 Å². The summed E-state index contributed by atoms with van der Waals surface area (Å²) in [4.78, 5) is 11.9. The summed E-state index contributed by atoms with van der Waals surface area (Å²) in [6.45, 7) is 2.42. The molecule has 22 heavy (non-hydrogen) atoms. The highest BCUT2D eigenvalue weighted by molar-refractivity contribution is 5.92. The standard InChI is InChI=1S/C17H19NO4/c1-3-21-15-8-5-9-16(11-15)22-12-17(19)18-13-6-4-7-14(10-13)20-2/h4-11H,3,12H2,1-2H3,(H,18,19). The molecule has 1 N–H and O–H groups in total. The van der Waals surface area contributed by atoms with Crippen LogP contribution in [0.15, 0.2) is 48.5 Å². The fourth-order valence-electron chi connectivity index (χ4n) is 1.87. The Kier molecular flexibility index (Phi) is 5.65. The highest BCUT2D eigenvalue weighted by Gasteiger charge is 2.05. The van der Waals surface area contributed by atoms with Crippen LogP contribution >= 0.6 is 0 Å². The molecule has 0 saturated heterocycles. The first-order valence-corrected chi connectivity index (χ1v) is 7.01. The molecule has 0 aliphatic heterocycles. The normalized spacial score (nSPS) is 9.91. The lowest BCUT2D eigenvalue weighted by Crippen LogP contribution is -2.20. The smallest absolute Gasteiger partial charge is 0.262 e. The quantitative estimate of drug-likeness (QED) is 0.853. The predicted octanol–water partition coefficient (Wildman–Crippen LogP) is 3.11. The van der Waals surface area contributed by atoms with Crippen LogP contribution in [-0.4, -0.2) is 26.2 Å². The van der Waals surface area contributed by atoms with Gasteiger partial charge in [0.15, 0.2) is 6.61 Å². The second-order valence-corrected chi connectivity index (χ2v) is 4.48. The lowest BCUT2D eigenvalue weighted by molar-refractivity contribution is -0.118. The van der Waals surface area contributed by atoms with Crippen LogP contribution in [0.3, 0.4) is 0 Å². The highest BCUT2D eigenvalue weighted by Crippen LogP contribution is 2.20. The number of ether oxygens (including phenoxy) is 3. The van der Waals surface area contributed by atoms with E-state index in [2.05, 4.69) is 5.32 Å². The summed E-state index contributed by atoms with van der Waals surface area (Å²) < 4.78 is 15.9. The number of rotatable bonds is 7. The van der Waals surface area contributed by atoms with Gasteiger partial charge in [0, 0.05) is 17.8 Å². The zero-order valence-corrected chi connectivity index (χ0v) is 12.7. The lowest BCUT2D eigenvalue weighted by Gasteiger charge is -2.09. The maximum Gasteiger partial charge on any atom is 0.262 e. The number of hydrogen-bond donors (Lipinski definition) is 1. The molecule has 2 aromatic carbocycles. The molecule has 0 radical (unpaired) electrons. The van der Waals surface area contributed by atoms with Crippen molar-refractivity contribution in [3.63, 3.8) is 0 Å². The highest BCUT2D eigenvalue weighted by atomic mass is 16.5. The van der Waals surface area contributed by atoms with Crippen molar-refractivity contribution in [2.45, 2.75) is 6.92 Å². The van der Waals surface area contributed by atoms with Crippen molar-refractivity contribution in [3.05, 3.63) is 48.5 Å². The molecular weight excluding hydrogens is 282 g/mol. The average molecular weight is 301 g/mol. The average Bonchev–Trinajstić information content (AvgIpc) is 2.54. The first-order valence-electron chi connectivity index (χ1n) is 7.01. The van der Waals surface area contributed by atoms with Gasteiger partial charge in [-0.2, -0.15) is 0 Å². The Morgan fingerprint density at radius 1 is 1.00 bits per heavy atom. The van der Waals surface area contributed by atoms with E-state index < -0.39 is 0 Å². The molecule has 0 fully saturated rings. The third kappa shape index (κ3) is 4.70. The van der Waals surface area contributed by atoms with Gasteiger partial charge < -0.3 is 19.5 Å². The summed E-state index contributed by atoms with van der Waals surface area (Å²) in [5, 5.41) is 2.75. The van der Waals surface area contributed by atoms with Crippen molar-refractivity contribution in [3.8, 4) is 17.2 Å². The Hall–Kier alpha value is -2.69. The first-order chi connectivity index (χ1) is 10.7. The van der Waals surface area contributed by atoms with Crippen LogP contribution in [0.1, 0.15) is 6.92 Å². The van der Waals surface area contributed by atoms with E-state index in [4.69, 9.17) is 14.2 Å². The van der Waals surface area contributed by atoms with E-state index >= 15 is 0 Å². The molecule has 0 saturated carbocycles. The van der Waals surface area contributed by atoms with Crippen LogP contribution in [-0.2, 0) is 4.79 Å². The molecule has 0 unspecified atom stereocenters. The maximum absolute atomic E-state index is 11.9. The summed E-state index contributed by atoms with van der Waals surface area (Å²) in [7, 11) is 1.58. The van der Waals surface area contributed by atoms with Gasteiger partial charge in [0.25, 0.3) is 5.91 Å². The fourth-order valence-corrected chi connectivity index (χ4v) is 1.87. The lowest BCUT2D eigenvalue weighted by atomic mass is 10.3. The summed E-state index contributed by atoms with van der Waals surface area (Å²) in [6, 6.07) is 14.3. The maximum atomic E-state index is 11.9. The monoisotopic (exact) mass is 301 g/mol. The largest absolute Gasteiger partial charge is 0.497 e. The molecule has 0 aliphatic carbocycles. The number of amides is 1. The SMILES string of the molecule is CCOc1cccc(OCC(=O)Nc2cccc(OC)c2)c1. The molecular formula is C17H19NO4. The topological polar surface area (TPSA) is 56.8 Å². The molecule has 0 heterocycles. The Labute approximate surface area is 129 Å². The molecule has 0 aromatic heterocycles. The van der Waals surface area contributed by atoms with E-state index in [1.807, 2.05) is 25.1 Å². The minimum atomic E-state index is -0.241. The van der Waals surface area contributed by atoms with Gasteiger partial charge in [-0.25, -0.2) is 0 Å². The van der Waals surface area contributed by atoms with Crippen molar-refractivity contribution in [1.29, 1.82) is 0 Å². The van der Waals surface area contributed by atoms with Crippen LogP contribution in [0.5, 0.6) is 17.2 Å². The third-order valence-electron chi connectivity index (χ3n) is 2.84. The minimum absolute atomic E-state index is 0.0766. The summed E-state index contributed by atoms with van der Waals surface area (Å²) >= 11 is 0. The number of nitrogens with one attached hydrogen (secondary N) is 1. The number of hydrogen-bond acceptors (Lipinski definition) is 4. The number of benzene rings is 2. The van der Waals surface area contributed by atoms with Crippen molar-refractivity contribution in [2.75, 3.05) is 25.6 Å². The Balaban J connectivity index is 1.88. The third-order valence-corrected chi connectivity index (χ3v) is 2.84. The Bertz CT molecular complexity index is 628. The van der Waals surface area contributed by atoms with Gasteiger partial charge >= 0.3 is 0 Å². The van der Waals surface area contributed by atoms with E-state index in [0.717, 1.165) is 0 Å². The van der Waals surface area contributed by atoms with E-state index in [-0.39, 0.29) is 12.5 Å². The van der Waals surface area contributed by atoms with Gasteiger partial charge in [0.05, 0.1) is 13.7 Å². The van der Waals surface area contributed by atoms with Crippen LogP contribution < -0.4 is 19.5 Å². The predicted molar refractivity (Wildman–Crippen MR) is 84.7 cm³/mol. The minimum Gasteiger partial charge on any atom is -0.497 e. The molecule has 0 bridgehead atoms. The summed E-state index contributed by atoms with van der Waals surface area (Å²) in [5.41, 5.74) is 0.663. The van der Waals surface area contributed by atoms with Gasteiger partial charge in [0.1, 0.15) is 17.2 Å². The van der Waals surface area contributed by atoms with Gasteiger partial charge in [-0.3, -0.25) is 4.79 Å². The van der Waals surface area contributed by atoms with Crippen LogP contribution in [0, 0.1) is 0 Å². The number of carbonyl (C=O) groups is 1. The molecule has 5 heteroatoms. The van der Waals surface area contributed by atoms with E-state index in [9.17, 15) is 4.79 Å². The zero-order valence-electron chi connectivity index (χ0n) is 12.7. The van der Waals surface area contributed by atoms with Gasteiger partial charge in [-0.1, -0.05) is 12.1 Å². The van der Waals surface area contributed by atoms with E-state index in [1.54, 1.807) is 37.4 Å².